The second-order valence-electron chi connectivity index (χ2n) is 14.3. The second-order valence-corrected chi connectivity index (χ2v) is 14.3. The number of ether oxygens (including phenoxy) is 7. The van der Waals surface area contributed by atoms with E-state index in [2.05, 4.69) is 31.2 Å². The average Bonchev–Trinajstić information content (AvgIpc) is 3.84. The lowest BCUT2D eigenvalue weighted by molar-refractivity contribution is -0.142. The number of nitrogens with one attached hydrogen (secondary N) is 2. The Morgan fingerprint density at radius 2 is 1.13 bits per heavy atom. The van der Waals surface area contributed by atoms with E-state index in [9.17, 15) is 4.39 Å². The Bertz CT molecular complexity index is 2020. The largest absolute Gasteiger partial charge is 0.475 e. The summed E-state index contributed by atoms with van der Waals surface area (Å²) in [5, 5.41) is 16.6. The van der Waals surface area contributed by atoms with Crippen molar-refractivity contribution in [2.75, 3.05) is 68.0 Å². The summed E-state index contributed by atoms with van der Waals surface area (Å²) in [6, 6.07) is 25.1. The fourth-order valence-corrected chi connectivity index (χ4v) is 5.87. The molecule has 2 aromatic heterocycles. The number of hydrogen-bond donors (Lipinski definition) is 3. The van der Waals surface area contributed by atoms with Crippen LogP contribution in [-0.2, 0) is 51.5 Å². The first-order chi connectivity index (χ1) is 30.4. The molecule has 18 nitrogen and oxygen atoms in total. The minimum Gasteiger partial charge on any atom is -0.475 e. The van der Waals surface area contributed by atoms with Gasteiger partial charge in [-0.25, -0.2) is 11.0 Å². The van der Waals surface area contributed by atoms with Gasteiger partial charge < -0.3 is 47.9 Å². The summed E-state index contributed by atoms with van der Waals surface area (Å²) < 4.78 is 52.0. The highest BCUT2D eigenvalue weighted by Gasteiger charge is 2.33. The van der Waals surface area contributed by atoms with Crippen molar-refractivity contribution in [2.45, 2.75) is 64.7 Å². The molecule has 6 rings (SSSR count). The van der Waals surface area contributed by atoms with Crippen LogP contribution in [-0.4, -0.2) is 118 Å². The normalized spacial score (nSPS) is 17.7. The number of aromatic nitrogens is 2. The van der Waals surface area contributed by atoms with Gasteiger partial charge in [0.05, 0.1) is 19.8 Å². The summed E-state index contributed by atoms with van der Waals surface area (Å²) in [4.78, 5) is 28.4. The third-order valence-corrected chi connectivity index (χ3v) is 8.66. The summed E-state index contributed by atoms with van der Waals surface area (Å²) in [5.41, 5.74) is 9.94. The molecule has 2 aliphatic heterocycles. The maximum Gasteiger partial charge on any atom is 0.216 e. The van der Waals surface area contributed by atoms with Crippen LogP contribution >= 0.6 is 0 Å². The Hall–Kier alpha value is -5.35. The van der Waals surface area contributed by atoms with Crippen LogP contribution in [0.2, 0.25) is 0 Å². The molecule has 4 aromatic rings. The standard InChI is InChI=1S/C22H29N3O6.C16H18FN3O3.C6H12O3/c1-22(2)29-14-17(31-22)13-28-21-11-7-10-20(24-21)27-12-16-8-5-6-9-18(16)19(25-26-4)15-30-23-3;1-18-23-11-14(20-21-2)13-7-4-3-6-12(13)10-22-16-9-5-8-15(17)19-16;1-6(2)8-4-5(3-7)9-6/h5-11,17,23H,12-15H2,1-4H3;3-9,18H,10-11H2,1-2H3;5,7H,3-4H2,1-2H3/b25-19+;20-14+;. The molecule has 0 aliphatic carbocycles. The van der Waals surface area contributed by atoms with Gasteiger partial charge in [0.25, 0.3) is 0 Å². The maximum absolute atomic E-state index is 13.1. The molecule has 2 fully saturated rings. The first kappa shape index (κ1) is 50.3. The topological polar surface area (TPSA) is 196 Å². The van der Waals surface area contributed by atoms with E-state index in [4.69, 9.17) is 57.6 Å². The summed E-state index contributed by atoms with van der Waals surface area (Å²) in [6.45, 7) is 9.80. The van der Waals surface area contributed by atoms with Crippen LogP contribution in [0.1, 0.15) is 49.9 Å². The highest BCUT2D eigenvalue weighted by Crippen LogP contribution is 2.24. The molecule has 63 heavy (non-hydrogen) atoms. The molecule has 0 saturated carbocycles. The smallest absolute Gasteiger partial charge is 0.216 e. The van der Waals surface area contributed by atoms with Gasteiger partial charge in [0.15, 0.2) is 11.6 Å². The van der Waals surface area contributed by atoms with Gasteiger partial charge >= 0.3 is 0 Å². The van der Waals surface area contributed by atoms with Crippen molar-refractivity contribution in [2.24, 2.45) is 10.3 Å². The Labute approximate surface area is 367 Å². The lowest BCUT2D eigenvalue weighted by atomic mass is 10.0. The van der Waals surface area contributed by atoms with Crippen LogP contribution in [0.15, 0.2) is 95.2 Å². The van der Waals surface area contributed by atoms with Crippen LogP contribution in [0.4, 0.5) is 4.39 Å². The van der Waals surface area contributed by atoms with E-state index in [0.29, 0.717) is 49.6 Å². The Morgan fingerprint density at radius 3 is 1.56 bits per heavy atom. The molecular weight excluding hydrogens is 824 g/mol. The number of oxime groups is 2. The number of aliphatic hydroxyl groups excluding tert-OH is 1. The monoisotopic (exact) mass is 882 g/mol. The molecule has 0 amide bonds. The molecular formula is C44H59FN6O12. The molecule has 0 radical (unpaired) electrons. The van der Waals surface area contributed by atoms with E-state index in [-0.39, 0.29) is 44.5 Å². The van der Waals surface area contributed by atoms with Crippen molar-refractivity contribution >= 4 is 11.4 Å². The van der Waals surface area contributed by atoms with Crippen molar-refractivity contribution < 1.29 is 62.0 Å². The third-order valence-electron chi connectivity index (χ3n) is 8.66. The zero-order valence-corrected chi connectivity index (χ0v) is 37.0. The van der Waals surface area contributed by atoms with E-state index in [1.807, 2.05) is 82.3 Å². The minimum atomic E-state index is -0.583. The number of aliphatic hydroxyl groups is 1. The molecule has 0 bridgehead atoms. The molecule has 2 aliphatic rings. The molecule has 0 spiro atoms. The molecule has 344 valence electrons. The number of pyridine rings is 2. The van der Waals surface area contributed by atoms with Gasteiger partial charge in [-0.05, 0) is 44.9 Å². The highest BCUT2D eigenvalue weighted by atomic mass is 19.1. The molecule has 3 N–H and O–H groups in total. The quantitative estimate of drug-likeness (QED) is 0.0600. The molecule has 2 unspecified atom stereocenters. The van der Waals surface area contributed by atoms with Crippen molar-refractivity contribution in [3.8, 4) is 17.6 Å². The van der Waals surface area contributed by atoms with E-state index in [0.717, 1.165) is 22.3 Å². The zero-order valence-electron chi connectivity index (χ0n) is 37.0. The fourth-order valence-electron chi connectivity index (χ4n) is 5.87. The van der Waals surface area contributed by atoms with Gasteiger partial charge in [-0.15, -0.1) is 0 Å². The Balaban J connectivity index is 0.000000237. The minimum absolute atomic E-state index is 0.0451. The van der Waals surface area contributed by atoms with Gasteiger partial charge in [0.1, 0.15) is 70.9 Å². The van der Waals surface area contributed by atoms with Crippen molar-refractivity contribution in [3.63, 3.8) is 0 Å². The first-order valence-corrected chi connectivity index (χ1v) is 20.0. The van der Waals surface area contributed by atoms with E-state index in [1.54, 1.807) is 38.4 Å². The van der Waals surface area contributed by atoms with Crippen LogP contribution < -0.4 is 25.2 Å². The maximum atomic E-state index is 13.1. The van der Waals surface area contributed by atoms with E-state index >= 15 is 0 Å². The predicted octanol–water partition coefficient (Wildman–Crippen LogP) is 5.12. The van der Waals surface area contributed by atoms with Crippen molar-refractivity contribution in [3.05, 3.63) is 113 Å². The summed E-state index contributed by atoms with van der Waals surface area (Å²) >= 11 is 0. The predicted molar refractivity (Wildman–Crippen MR) is 229 cm³/mol. The summed E-state index contributed by atoms with van der Waals surface area (Å²) in [5.74, 6) is -0.524. The molecule has 4 heterocycles. The third kappa shape index (κ3) is 17.7. The Kier molecular flexibility index (Phi) is 21.0. The first-order valence-electron chi connectivity index (χ1n) is 20.0. The number of rotatable bonds is 20. The Morgan fingerprint density at radius 1 is 0.667 bits per heavy atom. The number of halogens is 1. The molecule has 19 heteroatoms. The fraction of sp³-hybridized carbons (Fsp3) is 0.455. The number of hydrogen-bond acceptors (Lipinski definition) is 18. The highest BCUT2D eigenvalue weighted by molar-refractivity contribution is 6.03. The second kappa shape index (κ2) is 26.3. The van der Waals surface area contributed by atoms with Gasteiger partial charge in [0, 0.05) is 43.4 Å². The molecule has 2 atom stereocenters. The molecule has 2 saturated heterocycles. The van der Waals surface area contributed by atoms with Crippen LogP contribution in [0.5, 0.6) is 17.6 Å². The zero-order chi connectivity index (χ0) is 45.5. The summed E-state index contributed by atoms with van der Waals surface area (Å²) in [6.07, 6.45) is -0.258. The number of hydroxylamine groups is 2. The average molecular weight is 883 g/mol. The van der Waals surface area contributed by atoms with Crippen molar-refractivity contribution in [1.29, 1.82) is 0 Å². The number of nitrogens with zero attached hydrogens (tertiary/aromatic N) is 4. The van der Waals surface area contributed by atoms with Crippen LogP contribution in [0.25, 0.3) is 0 Å². The van der Waals surface area contributed by atoms with E-state index < -0.39 is 17.5 Å². The van der Waals surface area contributed by atoms with Gasteiger partial charge in [-0.1, -0.05) is 71.0 Å². The van der Waals surface area contributed by atoms with Gasteiger partial charge in [-0.2, -0.15) is 14.4 Å². The lowest BCUT2D eigenvalue weighted by Gasteiger charge is -2.17. The summed E-state index contributed by atoms with van der Waals surface area (Å²) in [7, 11) is 6.31. The van der Waals surface area contributed by atoms with E-state index in [1.165, 1.54) is 20.3 Å². The van der Waals surface area contributed by atoms with Crippen molar-refractivity contribution in [1.82, 2.24) is 20.9 Å². The van der Waals surface area contributed by atoms with Crippen LogP contribution in [0, 0.1) is 5.95 Å². The molecule has 2 aromatic carbocycles. The van der Waals surface area contributed by atoms with Gasteiger partial charge in [-0.3, -0.25) is 9.68 Å². The van der Waals surface area contributed by atoms with Crippen LogP contribution in [0.3, 0.4) is 0 Å². The lowest BCUT2D eigenvalue weighted by Crippen LogP contribution is -2.25. The number of benzene rings is 2. The van der Waals surface area contributed by atoms with Gasteiger partial charge in [0.2, 0.25) is 23.6 Å². The SMILES string of the molecule is CC1(C)OCC(CO)O1.CNOC/C(=N\OC)c1ccccc1COc1cccc(F)n1.CNOC/C(=N\OC)c1ccccc1COc1cccc(OCC2COC(C)(C)O2)n1.